The highest BCUT2D eigenvalue weighted by molar-refractivity contribution is 4.89. The van der Waals surface area contributed by atoms with Gasteiger partial charge in [0.05, 0.1) is 6.10 Å². The van der Waals surface area contributed by atoms with E-state index in [1.807, 2.05) is 6.92 Å². The zero-order valence-electron chi connectivity index (χ0n) is 13.2. The molecule has 1 N–H and O–H groups in total. The van der Waals surface area contributed by atoms with Gasteiger partial charge in [-0.1, -0.05) is 26.7 Å². The van der Waals surface area contributed by atoms with E-state index in [2.05, 4.69) is 13.8 Å². The summed E-state index contributed by atoms with van der Waals surface area (Å²) in [6.45, 7) is 7.33. The predicted molar refractivity (Wildman–Crippen MR) is 76.6 cm³/mol. The Morgan fingerprint density at radius 2 is 1.55 bits per heavy atom. The van der Waals surface area contributed by atoms with Crippen molar-refractivity contribution in [3.05, 3.63) is 0 Å². The Labute approximate surface area is 122 Å². The van der Waals surface area contributed by atoms with Crippen molar-refractivity contribution in [3.63, 3.8) is 0 Å². The van der Waals surface area contributed by atoms with Crippen LogP contribution in [0.3, 0.4) is 0 Å². The second-order valence-electron chi connectivity index (χ2n) is 5.31. The molecule has 120 valence electrons. The van der Waals surface area contributed by atoms with Gasteiger partial charge in [-0.25, -0.2) is 0 Å². The van der Waals surface area contributed by atoms with E-state index in [4.69, 9.17) is 18.9 Å². The highest BCUT2D eigenvalue weighted by Gasteiger charge is 2.45. The third-order valence-corrected chi connectivity index (χ3v) is 3.60. The Morgan fingerprint density at radius 1 is 1.00 bits per heavy atom. The molecule has 5 atom stereocenters. The van der Waals surface area contributed by atoms with Crippen LogP contribution >= 0.6 is 0 Å². The van der Waals surface area contributed by atoms with Crippen LogP contribution in [0.2, 0.25) is 0 Å². The molecule has 0 spiro atoms. The first-order valence-corrected chi connectivity index (χ1v) is 7.75. The summed E-state index contributed by atoms with van der Waals surface area (Å²) in [4.78, 5) is 0. The summed E-state index contributed by atoms with van der Waals surface area (Å²) in [5.74, 6) is 0. The normalized spacial score (nSPS) is 34.4. The molecule has 0 bridgehead atoms. The number of hydrogen-bond donors (Lipinski definition) is 1. The lowest BCUT2D eigenvalue weighted by molar-refractivity contribution is -0.302. The van der Waals surface area contributed by atoms with Crippen molar-refractivity contribution in [2.45, 2.75) is 77.2 Å². The maximum absolute atomic E-state index is 10.5. The van der Waals surface area contributed by atoms with Gasteiger partial charge < -0.3 is 24.1 Å². The molecule has 5 unspecified atom stereocenters. The van der Waals surface area contributed by atoms with Crippen LogP contribution in [-0.2, 0) is 18.9 Å². The fourth-order valence-corrected chi connectivity index (χ4v) is 2.32. The van der Waals surface area contributed by atoms with Crippen LogP contribution in [0.5, 0.6) is 0 Å². The van der Waals surface area contributed by atoms with E-state index in [1.165, 1.54) is 0 Å². The average molecular weight is 290 g/mol. The van der Waals surface area contributed by atoms with Gasteiger partial charge in [0, 0.05) is 20.3 Å². The second kappa shape index (κ2) is 9.68. The van der Waals surface area contributed by atoms with Crippen LogP contribution in [0, 0.1) is 0 Å². The summed E-state index contributed by atoms with van der Waals surface area (Å²) in [5.41, 5.74) is 0. The first-order valence-electron chi connectivity index (χ1n) is 7.75. The van der Waals surface area contributed by atoms with Gasteiger partial charge in [-0.3, -0.25) is 0 Å². The monoisotopic (exact) mass is 290 g/mol. The Hall–Kier alpha value is -0.200. The minimum Gasteiger partial charge on any atom is -0.387 e. The number of unbranched alkanes of at least 4 members (excludes halogenated alkanes) is 2. The lowest BCUT2D eigenvalue weighted by Gasteiger charge is -2.42. The quantitative estimate of drug-likeness (QED) is 0.659. The maximum atomic E-state index is 10.5. The predicted octanol–water partition coefficient (Wildman–Crippen LogP) is 2.11. The van der Waals surface area contributed by atoms with Gasteiger partial charge in [-0.05, 0) is 19.8 Å². The Kier molecular flexibility index (Phi) is 8.64. The van der Waals surface area contributed by atoms with Gasteiger partial charge in [0.15, 0.2) is 6.29 Å². The van der Waals surface area contributed by atoms with Crippen molar-refractivity contribution < 1.29 is 24.1 Å². The first-order chi connectivity index (χ1) is 9.65. The van der Waals surface area contributed by atoms with Crippen LogP contribution in [0.15, 0.2) is 0 Å². The van der Waals surface area contributed by atoms with Crippen molar-refractivity contribution >= 4 is 0 Å². The van der Waals surface area contributed by atoms with Crippen LogP contribution in [0.4, 0.5) is 0 Å². The van der Waals surface area contributed by atoms with E-state index >= 15 is 0 Å². The second-order valence-corrected chi connectivity index (χ2v) is 5.31. The Balaban J connectivity index is 2.58. The van der Waals surface area contributed by atoms with Gasteiger partial charge in [0.2, 0.25) is 0 Å². The molecular weight excluding hydrogens is 260 g/mol. The zero-order valence-corrected chi connectivity index (χ0v) is 13.2. The molecule has 0 aromatic carbocycles. The van der Waals surface area contributed by atoms with E-state index in [-0.39, 0.29) is 12.2 Å². The molecule has 0 aromatic heterocycles. The molecule has 1 fully saturated rings. The highest BCUT2D eigenvalue weighted by Crippen LogP contribution is 2.26. The Morgan fingerprint density at radius 3 is 2.05 bits per heavy atom. The minimum absolute atomic E-state index is 0.210. The van der Waals surface area contributed by atoms with Crippen LogP contribution in [-0.4, -0.2) is 56.1 Å². The van der Waals surface area contributed by atoms with Gasteiger partial charge in [-0.15, -0.1) is 0 Å². The fourth-order valence-electron chi connectivity index (χ4n) is 2.32. The zero-order chi connectivity index (χ0) is 15.0. The van der Waals surface area contributed by atoms with E-state index in [9.17, 15) is 5.11 Å². The van der Waals surface area contributed by atoms with Crippen molar-refractivity contribution in [2.24, 2.45) is 0 Å². The number of ether oxygens (including phenoxy) is 4. The summed E-state index contributed by atoms with van der Waals surface area (Å²) in [5, 5.41) is 10.5. The van der Waals surface area contributed by atoms with Gasteiger partial charge >= 0.3 is 0 Å². The standard InChI is InChI=1S/C15H30O5/c1-5-7-9-18-13-11(3)20-15(17-4)14(12(13)16)19-10-8-6-2/h11-16H,5-10H2,1-4H3. The summed E-state index contributed by atoms with van der Waals surface area (Å²) < 4.78 is 22.6. The van der Waals surface area contributed by atoms with E-state index in [0.29, 0.717) is 13.2 Å². The molecule has 0 amide bonds. The van der Waals surface area contributed by atoms with Gasteiger partial charge in [0.1, 0.15) is 18.3 Å². The molecule has 20 heavy (non-hydrogen) atoms. The van der Waals surface area contributed by atoms with Crippen LogP contribution in [0.1, 0.15) is 46.5 Å². The molecule has 5 nitrogen and oxygen atoms in total. The number of aliphatic hydroxyl groups excluding tert-OH is 1. The minimum atomic E-state index is -0.725. The topological polar surface area (TPSA) is 57.2 Å². The third-order valence-electron chi connectivity index (χ3n) is 3.60. The van der Waals surface area contributed by atoms with Crippen molar-refractivity contribution in [2.75, 3.05) is 20.3 Å². The number of rotatable bonds is 9. The fraction of sp³-hybridized carbons (Fsp3) is 1.00. The maximum Gasteiger partial charge on any atom is 0.186 e. The van der Waals surface area contributed by atoms with Crippen molar-refractivity contribution in [3.8, 4) is 0 Å². The molecule has 1 rings (SSSR count). The van der Waals surface area contributed by atoms with E-state index < -0.39 is 18.5 Å². The molecule has 5 heteroatoms. The summed E-state index contributed by atoms with van der Waals surface area (Å²) in [6.07, 6.45) is 1.72. The van der Waals surface area contributed by atoms with E-state index in [0.717, 1.165) is 25.7 Å². The van der Waals surface area contributed by atoms with Crippen LogP contribution < -0.4 is 0 Å². The SMILES string of the molecule is CCCCOC1C(C)OC(OC)C(OCCCC)C1O. The molecular formula is C15H30O5. The largest absolute Gasteiger partial charge is 0.387 e. The summed E-state index contributed by atoms with van der Waals surface area (Å²) >= 11 is 0. The highest BCUT2D eigenvalue weighted by atomic mass is 16.7. The molecule has 1 heterocycles. The van der Waals surface area contributed by atoms with Crippen molar-refractivity contribution in [1.29, 1.82) is 0 Å². The molecule has 1 aliphatic heterocycles. The smallest absolute Gasteiger partial charge is 0.186 e. The molecule has 0 radical (unpaired) electrons. The Bertz CT molecular complexity index is 248. The molecule has 0 saturated carbocycles. The van der Waals surface area contributed by atoms with Gasteiger partial charge in [0.25, 0.3) is 0 Å². The lowest BCUT2D eigenvalue weighted by Crippen LogP contribution is -2.59. The van der Waals surface area contributed by atoms with Crippen molar-refractivity contribution in [1.82, 2.24) is 0 Å². The molecule has 0 aliphatic carbocycles. The lowest BCUT2D eigenvalue weighted by atomic mass is 9.99. The molecule has 1 aliphatic rings. The number of hydrogen-bond acceptors (Lipinski definition) is 5. The molecule has 0 aromatic rings. The first kappa shape index (κ1) is 17.9. The van der Waals surface area contributed by atoms with Crippen LogP contribution in [0.25, 0.3) is 0 Å². The third kappa shape index (κ3) is 4.97. The van der Waals surface area contributed by atoms with Gasteiger partial charge in [-0.2, -0.15) is 0 Å². The summed E-state index contributed by atoms with van der Waals surface area (Å²) in [7, 11) is 1.57. The number of aliphatic hydroxyl groups is 1. The molecule has 1 saturated heterocycles. The average Bonchev–Trinajstić information content (AvgIpc) is 2.44. The summed E-state index contributed by atoms with van der Waals surface area (Å²) in [6, 6.07) is 0. The van der Waals surface area contributed by atoms with E-state index in [1.54, 1.807) is 7.11 Å². The number of methoxy groups -OCH3 is 1.